The van der Waals surface area contributed by atoms with E-state index in [1.165, 1.54) is 29.4 Å². The van der Waals surface area contributed by atoms with Crippen molar-refractivity contribution in [3.8, 4) is 5.69 Å². The van der Waals surface area contributed by atoms with Crippen molar-refractivity contribution < 1.29 is 4.39 Å². The normalized spacial score (nSPS) is 12.4. The average molecular weight is 470 g/mol. The maximum atomic E-state index is 14.6. The van der Waals surface area contributed by atoms with Crippen LogP contribution in [-0.2, 0) is 0 Å². The number of imidazole rings is 1. The van der Waals surface area contributed by atoms with Crippen molar-refractivity contribution in [1.82, 2.24) is 29.5 Å². The standard InChI is InChI=1S/C21H14Cl2FN7O/c1-10(29-19-17-18(26-8-25-17)27-9-28-19)20-30-15-4-2-3-14(24)16(15)21(32)31(20)13-6-11(22)5-12(23)7-13/h2-10H,1H3,(H2,25,26,27,28,29). The maximum Gasteiger partial charge on any atom is 0.269 e. The highest BCUT2D eigenvalue weighted by Gasteiger charge is 2.21. The third-order valence-electron chi connectivity index (χ3n) is 4.94. The van der Waals surface area contributed by atoms with E-state index in [0.29, 0.717) is 38.5 Å². The number of fused-ring (bicyclic) bond motifs is 2. The molecule has 1 unspecified atom stereocenters. The van der Waals surface area contributed by atoms with Crippen molar-refractivity contribution in [1.29, 1.82) is 0 Å². The first-order valence-corrected chi connectivity index (χ1v) is 10.3. The molecule has 5 rings (SSSR count). The van der Waals surface area contributed by atoms with Crippen LogP contribution in [0.1, 0.15) is 18.8 Å². The number of hydrogen-bond acceptors (Lipinski definition) is 6. The number of aromatic amines is 1. The summed E-state index contributed by atoms with van der Waals surface area (Å²) >= 11 is 12.4. The molecule has 0 amide bonds. The molecule has 32 heavy (non-hydrogen) atoms. The molecule has 2 aromatic carbocycles. The summed E-state index contributed by atoms with van der Waals surface area (Å²) < 4.78 is 15.9. The van der Waals surface area contributed by atoms with Gasteiger partial charge in [0.15, 0.2) is 11.5 Å². The van der Waals surface area contributed by atoms with Gasteiger partial charge in [0.2, 0.25) is 0 Å². The van der Waals surface area contributed by atoms with E-state index in [-0.39, 0.29) is 10.9 Å². The molecule has 0 aliphatic carbocycles. The summed E-state index contributed by atoms with van der Waals surface area (Å²) in [5.41, 5.74) is 1.10. The zero-order valence-corrected chi connectivity index (χ0v) is 18.0. The quantitative estimate of drug-likeness (QED) is 0.396. The number of nitrogens with one attached hydrogen (secondary N) is 2. The number of rotatable bonds is 4. The molecule has 0 saturated heterocycles. The number of halogens is 3. The monoisotopic (exact) mass is 469 g/mol. The lowest BCUT2D eigenvalue weighted by Gasteiger charge is -2.20. The molecule has 0 saturated carbocycles. The first-order valence-electron chi connectivity index (χ1n) is 9.50. The van der Waals surface area contributed by atoms with Gasteiger partial charge in [-0.05, 0) is 37.3 Å². The van der Waals surface area contributed by atoms with Crippen LogP contribution in [-0.4, -0.2) is 29.5 Å². The largest absolute Gasteiger partial charge is 0.358 e. The zero-order valence-electron chi connectivity index (χ0n) is 16.5. The Morgan fingerprint density at radius 2 is 1.91 bits per heavy atom. The minimum Gasteiger partial charge on any atom is -0.358 e. The third kappa shape index (κ3) is 3.45. The van der Waals surface area contributed by atoms with E-state index in [2.05, 4.69) is 30.2 Å². The van der Waals surface area contributed by atoms with Gasteiger partial charge in [-0.25, -0.2) is 24.3 Å². The molecule has 0 aliphatic heterocycles. The van der Waals surface area contributed by atoms with Gasteiger partial charge < -0.3 is 10.3 Å². The summed E-state index contributed by atoms with van der Waals surface area (Å²) in [6.07, 6.45) is 2.90. The summed E-state index contributed by atoms with van der Waals surface area (Å²) in [5, 5.41) is 3.74. The molecule has 0 fully saturated rings. The second kappa shape index (κ2) is 7.85. The summed E-state index contributed by atoms with van der Waals surface area (Å²) in [5.74, 6) is 0.102. The Labute approximate surface area is 190 Å². The van der Waals surface area contributed by atoms with Gasteiger partial charge >= 0.3 is 0 Å². The van der Waals surface area contributed by atoms with E-state index in [1.54, 1.807) is 31.2 Å². The summed E-state index contributed by atoms with van der Waals surface area (Å²) in [7, 11) is 0. The van der Waals surface area contributed by atoms with Gasteiger partial charge in [0, 0.05) is 10.0 Å². The lowest BCUT2D eigenvalue weighted by atomic mass is 10.2. The Hall–Kier alpha value is -3.56. The Balaban J connectivity index is 1.74. The number of benzene rings is 2. The number of nitrogens with zero attached hydrogens (tertiary/aromatic N) is 5. The van der Waals surface area contributed by atoms with Crippen LogP contribution >= 0.6 is 23.2 Å². The molecule has 3 aromatic heterocycles. The maximum absolute atomic E-state index is 14.6. The smallest absolute Gasteiger partial charge is 0.269 e. The topological polar surface area (TPSA) is 101 Å². The number of hydrogen-bond donors (Lipinski definition) is 2. The van der Waals surface area contributed by atoms with Crippen molar-refractivity contribution in [3.63, 3.8) is 0 Å². The number of H-pyrrole nitrogens is 1. The van der Waals surface area contributed by atoms with Crippen molar-refractivity contribution in [2.75, 3.05) is 5.32 Å². The predicted octanol–water partition coefficient (Wildman–Crippen LogP) is 4.67. The van der Waals surface area contributed by atoms with Crippen LogP contribution in [0.25, 0.3) is 27.8 Å². The molecule has 0 radical (unpaired) electrons. The Kier molecular flexibility index (Phi) is 4.99. The van der Waals surface area contributed by atoms with Gasteiger partial charge in [0.1, 0.15) is 28.9 Å². The summed E-state index contributed by atoms with van der Waals surface area (Å²) in [4.78, 5) is 33.6. The van der Waals surface area contributed by atoms with E-state index in [4.69, 9.17) is 23.2 Å². The first kappa shape index (κ1) is 20.3. The lowest BCUT2D eigenvalue weighted by molar-refractivity contribution is 0.635. The van der Waals surface area contributed by atoms with Gasteiger partial charge in [-0.15, -0.1) is 0 Å². The van der Waals surface area contributed by atoms with Crippen LogP contribution in [0.15, 0.2) is 53.8 Å². The highest BCUT2D eigenvalue weighted by atomic mass is 35.5. The molecule has 0 aliphatic rings. The summed E-state index contributed by atoms with van der Waals surface area (Å²) in [6.45, 7) is 1.80. The molecule has 0 bridgehead atoms. The van der Waals surface area contributed by atoms with Gasteiger partial charge in [-0.2, -0.15) is 0 Å². The van der Waals surface area contributed by atoms with E-state index < -0.39 is 17.4 Å². The second-order valence-corrected chi connectivity index (χ2v) is 7.93. The van der Waals surface area contributed by atoms with Crippen molar-refractivity contribution in [2.24, 2.45) is 0 Å². The summed E-state index contributed by atoms with van der Waals surface area (Å²) in [6, 6.07) is 8.45. The molecule has 160 valence electrons. The van der Waals surface area contributed by atoms with Crippen LogP contribution in [0, 0.1) is 5.82 Å². The fourth-order valence-electron chi connectivity index (χ4n) is 3.56. The average Bonchev–Trinajstić information content (AvgIpc) is 3.22. The minimum absolute atomic E-state index is 0.128. The lowest BCUT2D eigenvalue weighted by Crippen LogP contribution is -2.28. The molecule has 5 aromatic rings. The van der Waals surface area contributed by atoms with Crippen LogP contribution in [0.3, 0.4) is 0 Å². The third-order valence-corrected chi connectivity index (χ3v) is 5.37. The molecule has 0 spiro atoms. The van der Waals surface area contributed by atoms with E-state index in [1.807, 2.05) is 0 Å². The highest BCUT2D eigenvalue weighted by Crippen LogP contribution is 2.27. The van der Waals surface area contributed by atoms with E-state index in [0.717, 1.165) is 0 Å². The van der Waals surface area contributed by atoms with E-state index in [9.17, 15) is 9.18 Å². The highest BCUT2D eigenvalue weighted by molar-refractivity contribution is 6.34. The Bertz CT molecular complexity index is 1530. The van der Waals surface area contributed by atoms with Crippen molar-refractivity contribution in [2.45, 2.75) is 13.0 Å². The second-order valence-electron chi connectivity index (χ2n) is 7.06. The van der Waals surface area contributed by atoms with Gasteiger partial charge in [0.05, 0.1) is 23.6 Å². The van der Waals surface area contributed by atoms with Crippen LogP contribution in [0.4, 0.5) is 10.2 Å². The van der Waals surface area contributed by atoms with Gasteiger partial charge in [-0.3, -0.25) is 9.36 Å². The molecule has 8 nitrogen and oxygen atoms in total. The Morgan fingerprint density at radius 1 is 1.12 bits per heavy atom. The fourth-order valence-corrected chi connectivity index (χ4v) is 4.07. The fraction of sp³-hybridized carbons (Fsp3) is 0.0952. The molecule has 2 N–H and O–H groups in total. The van der Waals surface area contributed by atoms with Gasteiger partial charge in [-0.1, -0.05) is 29.3 Å². The van der Waals surface area contributed by atoms with Crippen molar-refractivity contribution >= 4 is 51.1 Å². The van der Waals surface area contributed by atoms with Crippen LogP contribution in [0.5, 0.6) is 0 Å². The predicted molar refractivity (Wildman–Crippen MR) is 121 cm³/mol. The molecule has 1 atom stereocenters. The molecular formula is C21H14Cl2FN7O. The number of aromatic nitrogens is 6. The van der Waals surface area contributed by atoms with Crippen molar-refractivity contribution in [3.05, 3.63) is 81.1 Å². The molecular weight excluding hydrogens is 456 g/mol. The zero-order chi connectivity index (χ0) is 22.4. The first-order chi connectivity index (χ1) is 15.4. The van der Waals surface area contributed by atoms with Gasteiger partial charge in [0.25, 0.3) is 5.56 Å². The van der Waals surface area contributed by atoms with Crippen LogP contribution < -0.4 is 10.9 Å². The SMILES string of the molecule is CC(Nc1ncnc2[nH]cnc12)c1nc2cccc(F)c2c(=O)n1-c1cc(Cl)cc(Cl)c1. The van der Waals surface area contributed by atoms with E-state index >= 15 is 0 Å². The Morgan fingerprint density at radius 3 is 2.69 bits per heavy atom. The van der Waals surface area contributed by atoms with Crippen LogP contribution in [0.2, 0.25) is 10.0 Å². The minimum atomic E-state index is -0.664. The molecule has 3 heterocycles. The molecule has 11 heteroatoms. The number of anilines is 1.